The number of ether oxygens (including phenoxy) is 1. The number of likely N-dealkylation sites (N-methyl/N-ethyl adjacent to an activating group) is 1. The number of carbonyl (C=O) groups is 4. The minimum atomic E-state index is -1.06. The van der Waals surface area contributed by atoms with Crippen molar-refractivity contribution in [1.29, 1.82) is 0 Å². The maximum atomic E-state index is 12.2. The molecule has 1 heterocycles. The van der Waals surface area contributed by atoms with Crippen LogP contribution in [0.2, 0.25) is 0 Å². The van der Waals surface area contributed by atoms with Crippen molar-refractivity contribution in [3.8, 4) is 0 Å². The molecule has 0 aromatic heterocycles. The van der Waals surface area contributed by atoms with Crippen LogP contribution in [0.4, 0.5) is 4.79 Å². The van der Waals surface area contributed by atoms with Crippen LogP contribution in [-0.4, -0.2) is 59.4 Å². The molecule has 4 amide bonds. The zero-order valence-electron chi connectivity index (χ0n) is 15.3. The van der Waals surface area contributed by atoms with Crippen molar-refractivity contribution < 1.29 is 23.9 Å². The van der Waals surface area contributed by atoms with E-state index in [2.05, 4.69) is 5.32 Å². The van der Waals surface area contributed by atoms with E-state index in [0.29, 0.717) is 0 Å². The molecule has 0 spiro atoms. The highest BCUT2D eigenvalue weighted by Gasteiger charge is 2.45. The standard InChI is InChI=1S/C18H23N3O5/c1-12(13-8-6-5-7-9-13)20(4)14(22)11-26-15(23)10-21-16(24)18(2,3)19-17(21)25/h5-9,12H,10-11H2,1-4H3,(H,19,25). The molecular formula is C18H23N3O5. The van der Waals surface area contributed by atoms with E-state index in [1.54, 1.807) is 20.9 Å². The molecule has 1 N–H and O–H groups in total. The van der Waals surface area contributed by atoms with Gasteiger partial charge in [-0.25, -0.2) is 4.79 Å². The van der Waals surface area contributed by atoms with Gasteiger partial charge in [0.2, 0.25) is 0 Å². The van der Waals surface area contributed by atoms with Crippen LogP contribution in [-0.2, 0) is 19.1 Å². The van der Waals surface area contributed by atoms with E-state index >= 15 is 0 Å². The third-order valence-electron chi connectivity index (χ3n) is 4.34. The van der Waals surface area contributed by atoms with Crippen molar-refractivity contribution in [2.24, 2.45) is 0 Å². The first-order chi connectivity index (χ1) is 12.1. The largest absolute Gasteiger partial charge is 0.454 e. The number of carbonyl (C=O) groups excluding carboxylic acids is 4. The second-order valence-electron chi connectivity index (χ2n) is 6.70. The van der Waals surface area contributed by atoms with Gasteiger partial charge >= 0.3 is 12.0 Å². The second-order valence-corrected chi connectivity index (χ2v) is 6.70. The van der Waals surface area contributed by atoms with Crippen molar-refractivity contribution in [3.05, 3.63) is 35.9 Å². The summed E-state index contributed by atoms with van der Waals surface area (Å²) >= 11 is 0. The van der Waals surface area contributed by atoms with Crippen LogP contribution < -0.4 is 5.32 Å². The van der Waals surface area contributed by atoms with Crippen LogP contribution in [0.15, 0.2) is 30.3 Å². The quantitative estimate of drug-likeness (QED) is 0.604. The molecule has 1 aliphatic rings. The van der Waals surface area contributed by atoms with Gasteiger partial charge in [0.25, 0.3) is 11.8 Å². The Morgan fingerprint density at radius 2 is 1.85 bits per heavy atom. The molecule has 0 radical (unpaired) electrons. The van der Waals surface area contributed by atoms with Crippen molar-refractivity contribution >= 4 is 23.8 Å². The molecule has 8 nitrogen and oxygen atoms in total. The van der Waals surface area contributed by atoms with E-state index in [-0.39, 0.29) is 11.9 Å². The number of nitrogens with zero attached hydrogens (tertiary/aromatic N) is 2. The third-order valence-corrected chi connectivity index (χ3v) is 4.34. The Morgan fingerprint density at radius 1 is 1.23 bits per heavy atom. The Hall–Kier alpha value is -2.90. The highest BCUT2D eigenvalue weighted by molar-refractivity contribution is 6.08. The van der Waals surface area contributed by atoms with Crippen LogP contribution in [0.3, 0.4) is 0 Å². The van der Waals surface area contributed by atoms with Gasteiger partial charge in [-0.15, -0.1) is 0 Å². The van der Waals surface area contributed by atoms with Gasteiger partial charge in [-0.1, -0.05) is 30.3 Å². The zero-order chi connectivity index (χ0) is 19.5. The molecule has 1 unspecified atom stereocenters. The lowest BCUT2D eigenvalue weighted by Gasteiger charge is -2.25. The number of esters is 1. The molecule has 26 heavy (non-hydrogen) atoms. The lowest BCUT2D eigenvalue weighted by atomic mass is 10.1. The molecule has 1 aromatic carbocycles. The van der Waals surface area contributed by atoms with Gasteiger partial charge in [0.1, 0.15) is 12.1 Å². The SMILES string of the molecule is CC(c1ccccc1)N(C)C(=O)COC(=O)CN1C(=O)NC(C)(C)C1=O. The molecule has 1 fully saturated rings. The van der Waals surface area contributed by atoms with Crippen LogP contribution in [0.1, 0.15) is 32.4 Å². The molecule has 140 valence electrons. The fourth-order valence-corrected chi connectivity index (χ4v) is 2.55. The second kappa shape index (κ2) is 7.55. The van der Waals surface area contributed by atoms with Crippen LogP contribution in [0, 0.1) is 0 Å². The van der Waals surface area contributed by atoms with Gasteiger partial charge in [0.15, 0.2) is 6.61 Å². The topological polar surface area (TPSA) is 96.0 Å². The predicted octanol–water partition coefficient (Wildman–Crippen LogP) is 1.08. The van der Waals surface area contributed by atoms with Crippen molar-refractivity contribution in [2.45, 2.75) is 32.4 Å². The number of imide groups is 1. The van der Waals surface area contributed by atoms with Gasteiger partial charge in [-0.3, -0.25) is 19.3 Å². The molecule has 0 saturated carbocycles. The van der Waals surface area contributed by atoms with E-state index in [1.165, 1.54) is 4.90 Å². The van der Waals surface area contributed by atoms with Crippen molar-refractivity contribution in [3.63, 3.8) is 0 Å². The molecule has 1 saturated heterocycles. The summed E-state index contributed by atoms with van der Waals surface area (Å²) in [6.45, 7) is 3.97. The summed E-state index contributed by atoms with van der Waals surface area (Å²) < 4.78 is 4.93. The number of benzene rings is 1. The van der Waals surface area contributed by atoms with Crippen LogP contribution >= 0.6 is 0 Å². The Balaban J connectivity index is 1.86. The van der Waals surface area contributed by atoms with E-state index in [4.69, 9.17) is 4.74 Å². The lowest BCUT2D eigenvalue weighted by molar-refractivity contribution is -0.154. The first-order valence-electron chi connectivity index (χ1n) is 8.24. The molecule has 8 heteroatoms. The van der Waals surface area contributed by atoms with E-state index in [1.807, 2.05) is 37.3 Å². The predicted molar refractivity (Wildman–Crippen MR) is 92.9 cm³/mol. The number of hydrogen-bond acceptors (Lipinski definition) is 5. The highest BCUT2D eigenvalue weighted by atomic mass is 16.5. The summed E-state index contributed by atoms with van der Waals surface area (Å²) in [5, 5.41) is 2.47. The third kappa shape index (κ3) is 4.19. The highest BCUT2D eigenvalue weighted by Crippen LogP contribution is 2.18. The zero-order valence-corrected chi connectivity index (χ0v) is 15.3. The average Bonchev–Trinajstić information content (AvgIpc) is 2.80. The van der Waals surface area contributed by atoms with Crippen LogP contribution in [0.5, 0.6) is 0 Å². The Kier molecular flexibility index (Phi) is 5.64. The van der Waals surface area contributed by atoms with Gasteiger partial charge in [-0.05, 0) is 26.3 Å². The fraction of sp³-hybridized carbons (Fsp3) is 0.444. The normalized spacial score (nSPS) is 16.8. The summed E-state index contributed by atoms with van der Waals surface area (Å²) in [7, 11) is 1.62. The fourth-order valence-electron chi connectivity index (χ4n) is 2.55. The summed E-state index contributed by atoms with van der Waals surface area (Å²) in [6, 6.07) is 8.61. The van der Waals surface area contributed by atoms with Crippen molar-refractivity contribution in [1.82, 2.24) is 15.1 Å². The Bertz CT molecular complexity index is 717. The summed E-state index contributed by atoms with van der Waals surface area (Å²) in [4.78, 5) is 50.1. The maximum Gasteiger partial charge on any atom is 0.326 e. The summed E-state index contributed by atoms with van der Waals surface area (Å²) in [6.07, 6.45) is 0. The number of hydrogen-bond donors (Lipinski definition) is 1. The molecule has 1 aromatic rings. The molecule has 2 rings (SSSR count). The molecule has 1 aliphatic heterocycles. The van der Waals surface area contributed by atoms with Crippen LogP contribution in [0.25, 0.3) is 0 Å². The van der Waals surface area contributed by atoms with E-state index in [9.17, 15) is 19.2 Å². The van der Waals surface area contributed by atoms with Crippen molar-refractivity contribution in [2.75, 3.05) is 20.2 Å². The number of nitrogens with one attached hydrogen (secondary N) is 1. The summed E-state index contributed by atoms with van der Waals surface area (Å²) in [5.41, 5.74) is -0.102. The average molecular weight is 361 g/mol. The molecule has 0 bridgehead atoms. The number of urea groups is 1. The minimum absolute atomic E-state index is 0.186. The van der Waals surface area contributed by atoms with E-state index in [0.717, 1.165) is 10.5 Å². The first kappa shape index (κ1) is 19.4. The van der Waals surface area contributed by atoms with Gasteiger partial charge in [0.05, 0.1) is 6.04 Å². The number of rotatable bonds is 6. The van der Waals surface area contributed by atoms with Gasteiger partial charge in [-0.2, -0.15) is 0 Å². The minimum Gasteiger partial charge on any atom is -0.454 e. The maximum absolute atomic E-state index is 12.2. The molecular weight excluding hydrogens is 338 g/mol. The lowest BCUT2D eigenvalue weighted by Crippen LogP contribution is -2.41. The first-order valence-corrected chi connectivity index (χ1v) is 8.24. The van der Waals surface area contributed by atoms with Gasteiger partial charge < -0.3 is 15.0 Å². The molecule has 1 atom stereocenters. The Labute approximate surface area is 152 Å². The van der Waals surface area contributed by atoms with E-state index < -0.39 is 36.6 Å². The van der Waals surface area contributed by atoms with Gasteiger partial charge in [0, 0.05) is 7.05 Å². The monoisotopic (exact) mass is 361 g/mol. The smallest absolute Gasteiger partial charge is 0.326 e. The summed E-state index contributed by atoms with van der Waals surface area (Å²) in [5.74, 6) is -1.71. The number of amides is 4. The molecule has 0 aliphatic carbocycles. The Morgan fingerprint density at radius 3 is 2.38 bits per heavy atom.